The van der Waals surface area contributed by atoms with E-state index in [2.05, 4.69) is 5.32 Å². The van der Waals surface area contributed by atoms with Crippen molar-refractivity contribution < 1.29 is 19.1 Å². The number of hydrogen-bond donors (Lipinski definition) is 2. The lowest BCUT2D eigenvalue weighted by atomic mass is 9.87. The molecule has 6 heteroatoms. The van der Waals surface area contributed by atoms with Crippen LogP contribution in [0.15, 0.2) is 11.6 Å². The highest BCUT2D eigenvalue weighted by Crippen LogP contribution is 2.27. The minimum atomic E-state index is -0.384. The van der Waals surface area contributed by atoms with Crippen LogP contribution < -0.4 is 11.1 Å². The lowest BCUT2D eigenvalue weighted by Crippen LogP contribution is -2.57. The molecule has 0 aromatic rings. The van der Waals surface area contributed by atoms with E-state index in [0.29, 0.717) is 18.6 Å². The quantitative estimate of drug-likeness (QED) is 0.747. The average molecular weight is 324 g/mol. The molecule has 2 rings (SSSR count). The second-order valence-electron chi connectivity index (χ2n) is 6.37. The molecule has 0 spiro atoms. The number of rotatable bonds is 5. The van der Waals surface area contributed by atoms with Gasteiger partial charge >= 0.3 is 5.97 Å². The molecule has 0 aliphatic heterocycles. The predicted molar refractivity (Wildman–Crippen MR) is 86.7 cm³/mol. The Bertz CT molecular complexity index is 458. The third kappa shape index (κ3) is 5.04. The van der Waals surface area contributed by atoms with Gasteiger partial charge in [0, 0.05) is 18.5 Å². The minimum Gasteiger partial charge on any atom is -0.463 e. The van der Waals surface area contributed by atoms with E-state index < -0.39 is 0 Å². The molecule has 0 radical (unpaired) electrons. The summed E-state index contributed by atoms with van der Waals surface area (Å²) in [7, 11) is 0. The van der Waals surface area contributed by atoms with Crippen molar-refractivity contribution in [3.63, 3.8) is 0 Å². The highest BCUT2D eigenvalue weighted by atomic mass is 16.5. The van der Waals surface area contributed by atoms with E-state index in [4.69, 9.17) is 15.2 Å². The van der Waals surface area contributed by atoms with E-state index in [-0.39, 0.29) is 36.2 Å². The summed E-state index contributed by atoms with van der Waals surface area (Å²) < 4.78 is 11.3. The van der Waals surface area contributed by atoms with Crippen LogP contribution in [0.2, 0.25) is 0 Å². The van der Waals surface area contributed by atoms with E-state index in [1.54, 1.807) is 13.0 Å². The smallest absolute Gasteiger partial charge is 0.333 e. The van der Waals surface area contributed by atoms with Crippen molar-refractivity contribution in [3.8, 4) is 0 Å². The molecule has 0 saturated heterocycles. The highest BCUT2D eigenvalue weighted by molar-refractivity contribution is 5.89. The molecule has 23 heavy (non-hydrogen) atoms. The van der Waals surface area contributed by atoms with Crippen molar-refractivity contribution in [2.24, 2.45) is 5.73 Å². The third-order valence-electron chi connectivity index (χ3n) is 4.45. The van der Waals surface area contributed by atoms with E-state index in [0.717, 1.165) is 25.7 Å². The fraction of sp³-hybridized carbons (Fsp3) is 0.765. The van der Waals surface area contributed by atoms with Gasteiger partial charge in [0.2, 0.25) is 5.91 Å². The zero-order valence-corrected chi connectivity index (χ0v) is 14.0. The van der Waals surface area contributed by atoms with Crippen LogP contribution in [0.5, 0.6) is 0 Å². The molecule has 130 valence electrons. The van der Waals surface area contributed by atoms with Gasteiger partial charge in [-0.15, -0.1) is 0 Å². The Morgan fingerprint density at radius 3 is 2.61 bits per heavy atom. The number of hydrogen-bond acceptors (Lipinski definition) is 5. The summed E-state index contributed by atoms with van der Waals surface area (Å²) in [4.78, 5) is 23.5. The van der Waals surface area contributed by atoms with E-state index in [9.17, 15) is 9.59 Å². The molecule has 1 fully saturated rings. The summed E-state index contributed by atoms with van der Waals surface area (Å²) in [5.74, 6) is -0.489. The van der Waals surface area contributed by atoms with Crippen molar-refractivity contribution in [1.29, 1.82) is 0 Å². The molecule has 2 aliphatic rings. The molecule has 0 aromatic carbocycles. The number of nitrogens with one attached hydrogen (secondary N) is 1. The van der Waals surface area contributed by atoms with Crippen molar-refractivity contribution in [2.45, 2.75) is 76.7 Å². The molecule has 0 unspecified atom stereocenters. The van der Waals surface area contributed by atoms with Crippen molar-refractivity contribution >= 4 is 11.9 Å². The summed E-state index contributed by atoms with van der Waals surface area (Å²) >= 11 is 0. The average Bonchev–Trinajstić information content (AvgIpc) is 2.51. The zero-order valence-electron chi connectivity index (χ0n) is 14.0. The first-order valence-corrected chi connectivity index (χ1v) is 8.57. The number of carbonyl (C=O) groups excluding carboxylic acids is 2. The van der Waals surface area contributed by atoms with Gasteiger partial charge in [0.25, 0.3) is 0 Å². The molecule has 3 N–H and O–H groups in total. The molecule has 6 nitrogen and oxygen atoms in total. The molecule has 0 heterocycles. The van der Waals surface area contributed by atoms with Crippen LogP contribution in [-0.4, -0.2) is 42.8 Å². The molecule has 3 atom stereocenters. The zero-order chi connectivity index (χ0) is 16.8. The van der Waals surface area contributed by atoms with Gasteiger partial charge in [0.05, 0.1) is 24.9 Å². The molecule has 0 bridgehead atoms. The maximum absolute atomic E-state index is 12.0. The maximum atomic E-state index is 12.0. The second-order valence-corrected chi connectivity index (χ2v) is 6.37. The van der Waals surface area contributed by atoms with E-state index in [1.165, 1.54) is 13.3 Å². The second kappa shape index (κ2) is 8.45. The molecule has 2 aliphatic carbocycles. The fourth-order valence-corrected chi connectivity index (χ4v) is 3.34. The number of esters is 1. The van der Waals surface area contributed by atoms with Gasteiger partial charge in [-0.05, 0) is 32.3 Å². The summed E-state index contributed by atoms with van der Waals surface area (Å²) in [6, 6.07) is -0.676. The number of carbonyl (C=O) groups is 2. The van der Waals surface area contributed by atoms with Gasteiger partial charge in [-0.1, -0.05) is 19.3 Å². The summed E-state index contributed by atoms with van der Waals surface area (Å²) in [6.45, 7) is 3.57. The maximum Gasteiger partial charge on any atom is 0.333 e. The summed E-state index contributed by atoms with van der Waals surface area (Å²) in [5, 5.41) is 2.88. The third-order valence-corrected chi connectivity index (χ3v) is 4.45. The Labute approximate surface area is 137 Å². The Morgan fingerprint density at radius 2 is 2.00 bits per heavy atom. The Morgan fingerprint density at radius 1 is 1.30 bits per heavy atom. The fourth-order valence-electron chi connectivity index (χ4n) is 3.34. The van der Waals surface area contributed by atoms with E-state index in [1.807, 2.05) is 0 Å². The summed E-state index contributed by atoms with van der Waals surface area (Å²) in [5.41, 5.74) is 6.75. The van der Waals surface area contributed by atoms with Crippen LogP contribution in [0, 0.1) is 0 Å². The Kier molecular flexibility index (Phi) is 6.59. The topological polar surface area (TPSA) is 90.6 Å². The van der Waals surface area contributed by atoms with Gasteiger partial charge in [-0.25, -0.2) is 4.79 Å². The van der Waals surface area contributed by atoms with E-state index >= 15 is 0 Å². The monoisotopic (exact) mass is 324 g/mol. The number of ether oxygens (including phenoxy) is 2. The standard InChI is InChI=1S/C17H28N2O4/c1-3-22-17(21)12-9-14(18)16(19-11(2)20)15(10-12)23-13-7-5-4-6-8-13/h10,13-16H,3-9,18H2,1-2H3,(H,19,20)/t14-,15+,16+/m0/s1. The first-order chi connectivity index (χ1) is 11.0. The van der Waals surface area contributed by atoms with Crippen LogP contribution in [0.1, 0.15) is 52.4 Å². The SMILES string of the molecule is CCOC(=O)C1=C[C@@H](OC2CCCCC2)[C@H](NC(C)=O)[C@@H](N)C1. The van der Waals surface area contributed by atoms with Crippen molar-refractivity contribution in [3.05, 3.63) is 11.6 Å². The molecule has 0 aromatic heterocycles. The molecule has 1 saturated carbocycles. The Balaban J connectivity index is 2.14. The molecule has 1 amide bonds. The van der Waals surface area contributed by atoms with Crippen molar-refractivity contribution in [1.82, 2.24) is 5.32 Å². The van der Waals surface area contributed by atoms with Gasteiger partial charge < -0.3 is 20.5 Å². The predicted octanol–water partition coefficient (Wildman–Crippen LogP) is 1.43. The van der Waals surface area contributed by atoms with Crippen LogP contribution in [0.3, 0.4) is 0 Å². The number of amides is 1. The van der Waals surface area contributed by atoms with Gasteiger partial charge in [-0.3, -0.25) is 4.79 Å². The van der Waals surface area contributed by atoms with Crippen LogP contribution >= 0.6 is 0 Å². The molecular weight excluding hydrogens is 296 g/mol. The minimum absolute atomic E-state index is 0.143. The Hall–Kier alpha value is -1.40. The van der Waals surface area contributed by atoms with Crippen LogP contribution in [0.25, 0.3) is 0 Å². The van der Waals surface area contributed by atoms with Gasteiger partial charge in [-0.2, -0.15) is 0 Å². The lowest BCUT2D eigenvalue weighted by molar-refractivity contribution is -0.139. The summed E-state index contributed by atoms with van der Waals surface area (Å²) in [6.07, 6.45) is 7.53. The molecular formula is C17H28N2O4. The van der Waals surface area contributed by atoms with Gasteiger partial charge in [0.15, 0.2) is 0 Å². The largest absolute Gasteiger partial charge is 0.463 e. The lowest BCUT2D eigenvalue weighted by Gasteiger charge is -2.37. The highest BCUT2D eigenvalue weighted by Gasteiger charge is 2.36. The van der Waals surface area contributed by atoms with Gasteiger partial charge in [0.1, 0.15) is 0 Å². The number of nitrogens with two attached hydrogens (primary N) is 1. The van der Waals surface area contributed by atoms with Crippen molar-refractivity contribution in [2.75, 3.05) is 6.61 Å². The first-order valence-electron chi connectivity index (χ1n) is 8.57. The van der Waals surface area contributed by atoms with Crippen LogP contribution in [0.4, 0.5) is 0 Å². The van der Waals surface area contributed by atoms with Crippen LogP contribution in [-0.2, 0) is 19.1 Å². The first kappa shape index (κ1) is 17.9. The normalized spacial score (nSPS) is 28.8.